The second-order valence-corrected chi connectivity index (χ2v) is 7.71. The molecule has 0 unspecified atom stereocenters. The molecule has 0 radical (unpaired) electrons. The summed E-state index contributed by atoms with van der Waals surface area (Å²) < 4.78 is 1.52. The van der Waals surface area contributed by atoms with E-state index in [0.29, 0.717) is 27.5 Å². The number of fused-ring (bicyclic) bond motifs is 1. The molecule has 0 N–H and O–H groups in total. The molecule has 0 aliphatic heterocycles. The number of Topliss-reactive ketones (excluding diaryl/α,β-unsaturated/α-hetero) is 1. The fourth-order valence-corrected chi connectivity index (χ4v) is 3.63. The van der Waals surface area contributed by atoms with Gasteiger partial charge in [0.2, 0.25) is 0 Å². The Labute approximate surface area is 157 Å². The molecule has 26 heavy (non-hydrogen) atoms. The van der Waals surface area contributed by atoms with Crippen molar-refractivity contribution >= 4 is 28.4 Å². The Morgan fingerprint density at radius 2 is 1.85 bits per heavy atom. The Hall–Kier alpha value is -2.40. The molecule has 3 rings (SSSR count). The summed E-state index contributed by atoms with van der Waals surface area (Å²) in [5.41, 5.74) is 3.49. The lowest BCUT2D eigenvalue weighted by Gasteiger charge is -2.09. The summed E-state index contributed by atoms with van der Waals surface area (Å²) >= 11 is 1.30. The van der Waals surface area contributed by atoms with Gasteiger partial charge in [0, 0.05) is 12.6 Å². The van der Waals surface area contributed by atoms with E-state index in [2.05, 4.69) is 18.8 Å². The minimum atomic E-state index is -0.0880. The van der Waals surface area contributed by atoms with Gasteiger partial charge in [-0.2, -0.15) is 0 Å². The number of carbonyl (C=O) groups is 1. The summed E-state index contributed by atoms with van der Waals surface area (Å²) in [7, 11) is 1.70. The quantitative estimate of drug-likeness (QED) is 0.383. The molecule has 0 atom stereocenters. The number of hydrogen-bond acceptors (Lipinski definition) is 4. The molecule has 0 amide bonds. The van der Waals surface area contributed by atoms with Crippen LogP contribution in [0.25, 0.3) is 10.9 Å². The molecule has 0 fully saturated rings. The standard InChI is InChI=1S/C21H22N2O2S/c1-13(2)15-6-8-16(9-7-15)19(24)12-26-21-22-18-10-5-14(3)11-17(18)20(25)23(21)4/h5-11,13H,12H2,1-4H3. The topological polar surface area (TPSA) is 52.0 Å². The van der Waals surface area contributed by atoms with Crippen LogP contribution in [0.2, 0.25) is 0 Å². The van der Waals surface area contributed by atoms with Crippen molar-refractivity contribution in [2.75, 3.05) is 5.75 Å². The minimum absolute atomic E-state index is 0.0311. The first-order valence-corrected chi connectivity index (χ1v) is 9.58. The first kappa shape index (κ1) is 18.4. The van der Waals surface area contributed by atoms with Gasteiger partial charge in [-0.25, -0.2) is 4.98 Å². The SMILES string of the molecule is Cc1ccc2nc(SCC(=O)c3ccc(C(C)C)cc3)n(C)c(=O)c2c1. The molecule has 0 saturated heterocycles. The first-order chi connectivity index (χ1) is 12.4. The number of aryl methyl sites for hydroxylation is 1. The average Bonchev–Trinajstić information content (AvgIpc) is 2.64. The third kappa shape index (κ3) is 3.73. The van der Waals surface area contributed by atoms with E-state index in [1.165, 1.54) is 21.9 Å². The van der Waals surface area contributed by atoms with Crippen molar-refractivity contribution in [3.8, 4) is 0 Å². The Kier molecular flexibility index (Phi) is 5.28. The predicted molar refractivity (Wildman–Crippen MR) is 107 cm³/mol. The number of thioether (sulfide) groups is 1. The second kappa shape index (κ2) is 7.46. The highest BCUT2D eigenvalue weighted by molar-refractivity contribution is 7.99. The lowest BCUT2D eigenvalue weighted by molar-refractivity contribution is 0.102. The van der Waals surface area contributed by atoms with Crippen LogP contribution in [0.4, 0.5) is 0 Å². The largest absolute Gasteiger partial charge is 0.293 e. The zero-order chi connectivity index (χ0) is 18.8. The normalized spacial score (nSPS) is 11.3. The molecule has 0 spiro atoms. The van der Waals surface area contributed by atoms with E-state index in [4.69, 9.17) is 0 Å². The van der Waals surface area contributed by atoms with Crippen molar-refractivity contribution < 1.29 is 4.79 Å². The fraction of sp³-hybridized carbons (Fsp3) is 0.286. The zero-order valence-corrected chi connectivity index (χ0v) is 16.3. The van der Waals surface area contributed by atoms with Crippen molar-refractivity contribution in [2.45, 2.75) is 31.8 Å². The van der Waals surface area contributed by atoms with Gasteiger partial charge in [-0.1, -0.05) is 61.5 Å². The third-order valence-corrected chi connectivity index (χ3v) is 5.45. The van der Waals surface area contributed by atoms with Crippen molar-refractivity contribution in [3.63, 3.8) is 0 Å². The molecule has 134 valence electrons. The molecule has 0 saturated carbocycles. The van der Waals surface area contributed by atoms with E-state index >= 15 is 0 Å². The van der Waals surface area contributed by atoms with Crippen LogP contribution in [0.5, 0.6) is 0 Å². The van der Waals surface area contributed by atoms with Gasteiger partial charge in [0.25, 0.3) is 5.56 Å². The number of hydrogen-bond donors (Lipinski definition) is 0. The molecule has 3 aromatic rings. The molecule has 2 aromatic carbocycles. The zero-order valence-electron chi connectivity index (χ0n) is 15.4. The summed E-state index contributed by atoms with van der Waals surface area (Å²) in [5.74, 6) is 0.718. The molecule has 1 heterocycles. The number of ketones is 1. The first-order valence-electron chi connectivity index (χ1n) is 8.60. The number of rotatable bonds is 5. The van der Waals surface area contributed by atoms with Crippen LogP contribution in [-0.4, -0.2) is 21.1 Å². The van der Waals surface area contributed by atoms with Crippen LogP contribution in [0.1, 0.15) is 41.3 Å². The maximum absolute atomic E-state index is 12.5. The Balaban J connectivity index is 1.81. The van der Waals surface area contributed by atoms with Crippen molar-refractivity contribution in [2.24, 2.45) is 7.05 Å². The van der Waals surface area contributed by atoms with E-state index < -0.39 is 0 Å². The number of aromatic nitrogens is 2. The van der Waals surface area contributed by atoms with Gasteiger partial charge in [0.05, 0.1) is 16.7 Å². The lowest BCUT2D eigenvalue weighted by Crippen LogP contribution is -2.20. The van der Waals surface area contributed by atoms with E-state index in [9.17, 15) is 9.59 Å². The van der Waals surface area contributed by atoms with Crippen LogP contribution >= 0.6 is 11.8 Å². The van der Waals surface area contributed by atoms with E-state index in [1.54, 1.807) is 7.05 Å². The minimum Gasteiger partial charge on any atom is -0.293 e. The molecular weight excluding hydrogens is 344 g/mol. The Morgan fingerprint density at radius 3 is 2.50 bits per heavy atom. The summed E-state index contributed by atoms with van der Waals surface area (Å²) in [6.45, 7) is 6.20. The maximum Gasteiger partial charge on any atom is 0.261 e. The van der Waals surface area contributed by atoms with Gasteiger partial charge >= 0.3 is 0 Å². The van der Waals surface area contributed by atoms with Crippen molar-refractivity contribution in [3.05, 3.63) is 69.5 Å². The molecule has 0 aliphatic rings. The third-order valence-electron chi connectivity index (χ3n) is 4.42. The van der Waals surface area contributed by atoms with Crippen LogP contribution in [-0.2, 0) is 7.05 Å². The molecule has 0 aliphatic carbocycles. The van der Waals surface area contributed by atoms with E-state index in [-0.39, 0.29) is 17.1 Å². The predicted octanol–water partition coefficient (Wildman–Crippen LogP) is 4.34. The molecule has 1 aromatic heterocycles. The summed E-state index contributed by atoms with van der Waals surface area (Å²) in [5, 5.41) is 1.16. The van der Waals surface area contributed by atoms with Gasteiger partial charge in [-0.3, -0.25) is 14.2 Å². The van der Waals surface area contributed by atoms with Gasteiger partial charge in [0.1, 0.15) is 0 Å². The highest BCUT2D eigenvalue weighted by Crippen LogP contribution is 2.20. The van der Waals surface area contributed by atoms with Crippen LogP contribution < -0.4 is 5.56 Å². The van der Waals surface area contributed by atoms with Crippen molar-refractivity contribution in [1.29, 1.82) is 0 Å². The van der Waals surface area contributed by atoms with Crippen LogP contribution in [0, 0.1) is 6.92 Å². The fourth-order valence-electron chi connectivity index (χ4n) is 2.76. The average molecular weight is 366 g/mol. The van der Waals surface area contributed by atoms with Crippen molar-refractivity contribution in [1.82, 2.24) is 9.55 Å². The number of benzene rings is 2. The number of carbonyl (C=O) groups excluding carboxylic acids is 1. The highest BCUT2D eigenvalue weighted by atomic mass is 32.2. The molecule has 0 bridgehead atoms. The molecular formula is C21H22N2O2S. The summed E-state index contributed by atoms with van der Waals surface area (Å²) in [6, 6.07) is 13.4. The smallest absolute Gasteiger partial charge is 0.261 e. The van der Waals surface area contributed by atoms with Crippen LogP contribution in [0.3, 0.4) is 0 Å². The lowest BCUT2D eigenvalue weighted by atomic mass is 10.0. The van der Waals surface area contributed by atoms with Gasteiger partial charge < -0.3 is 0 Å². The van der Waals surface area contributed by atoms with Gasteiger partial charge in [-0.15, -0.1) is 0 Å². The van der Waals surface area contributed by atoms with E-state index in [0.717, 1.165) is 5.56 Å². The monoisotopic (exact) mass is 366 g/mol. The second-order valence-electron chi connectivity index (χ2n) is 6.77. The molecule has 4 nitrogen and oxygen atoms in total. The highest BCUT2D eigenvalue weighted by Gasteiger charge is 2.12. The summed E-state index contributed by atoms with van der Waals surface area (Å²) in [4.78, 5) is 29.6. The maximum atomic E-state index is 12.5. The van der Waals surface area contributed by atoms with Gasteiger partial charge in [-0.05, 0) is 30.5 Å². The Morgan fingerprint density at radius 1 is 1.15 bits per heavy atom. The van der Waals surface area contributed by atoms with Gasteiger partial charge in [0.15, 0.2) is 10.9 Å². The molecule has 5 heteroatoms. The van der Waals surface area contributed by atoms with Crippen LogP contribution in [0.15, 0.2) is 52.4 Å². The Bertz CT molecular complexity index is 1020. The summed E-state index contributed by atoms with van der Waals surface area (Å²) in [6.07, 6.45) is 0. The number of nitrogens with zero attached hydrogens (tertiary/aromatic N) is 2. The van der Waals surface area contributed by atoms with E-state index in [1.807, 2.05) is 49.4 Å².